The van der Waals surface area contributed by atoms with Gasteiger partial charge in [-0.3, -0.25) is 9.97 Å². The van der Waals surface area contributed by atoms with Gasteiger partial charge in [0.2, 0.25) is 0 Å². The Bertz CT molecular complexity index is 1280. The van der Waals surface area contributed by atoms with Gasteiger partial charge in [-0.15, -0.1) is 0 Å². The molecule has 6 nitrogen and oxygen atoms in total. The maximum atomic E-state index is 5.84. The van der Waals surface area contributed by atoms with Crippen molar-refractivity contribution in [1.29, 1.82) is 0 Å². The largest absolute Gasteiger partial charge is 0.352 e. The fraction of sp³-hybridized carbons (Fsp3) is 0.231. The fourth-order valence-electron chi connectivity index (χ4n) is 4.72. The van der Waals surface area contributed by atoms with E-state index < -0.39 is 0 Å². The third-order valence-corrected chi connectivity index (χ3v) is 6.63. The molecule has 0 bridgehead atoms. The molecule has 2 unspecified atom stereocenters. The lowest BCUT2D eigenvalue weighted by Crippen LogP contribution is -2.29. The van der Waals surface area contributed by atoms with Gasteiger partial charge in [0.15, 0.2) is 5.11 Å². The lowest BCUT2D eigenvalue weighted by molar-refractivity contribution is 0.310. The highest BCUT2D eigenvalue weighted by Gasteiger charge is 2.41. The first-order chi connectivity index (χ1) is 16.0. The number of hydrogen-bond donors (Lipinski definition) is 1. The van der Waals surface area contributed by atoms with Gasteiger partial charge in [0.25, 0.3) is 0 Å². The molecular weight excluding hydrogens is 428 g/mol. The van der Waals surface area contributed by atoms with Crippen molar-refractivity contribution in [3.8, 4) is 5.82 Å². The molecule has 1 fully saturated rings. The molecule has 166 valence electrons. The van der Waals surface area contributed by atoms with Gasteiger partial charge in [-0.2, -0.15) is 0 Å². The Hall–Kier alpha value is -3.58. The molecule has 33 heavy (non-hydrogen) atoms. The fourth-order valence-corrected chi connectivity index (χ4v) is 5.03. The summed E-state index contributed by atoms with van der Waals surface area (Å²) < 4.78 is 2.24. The summed E-state index contributed by atoms with van der Waals surface area (Å²) in [6, 6.07) is 16.4. The van der Waals surface area contributed by atoms with Crippen LogP contribution in [0.1, 0.15) is 45.9 Å². The summed E-state index contributed by atoms with van der Waals surface area (Å²) in [6.07, 6.45) is 7.33. The molecule has 4 aromatic rings. The van der Waals surface area contributed by atoms with Crippen LogP contribution in [0.3, 0.4) is 0 Å². The number of hydrogen-bond acceptors (Lipinski definition) is 4. The summed E-state index contributed by atoms with van der Waals surface area (Å²) in [6.45, 7) is 7.08. The van der Waals surface area contributed by atoms with Crippen molar-refractivity contribution in [3.63, 3.8) is 0 Å². The van der Waals surface area contributed by atoms with Crippen molar-refractivity contribution in [2.24, 2.45) is 0 Å². The second kappa shape index (κ2) is 8.75. The summed E-state index contributed by atoms with van der Waals surface area (Å²) in [7, 11) is 0. The normalized spacial score (nSPS) is 17.9. The number of aryl methyl sites for hydroxylation is 2. The summed E-state index contributed by atoms with van der Waals surface area (Å²) in [4.78, 5) is 15.8. The van der Waals surface area contributed by atoms with Crippen molar-refractivity contribution in [3.05, 3.63) is 107 Å². The Morgan fingerprint density at radius 2 is 1.73 bits per heavy atom. The van der Waals surface area contributed by atoms with Crippen LogP contribution in [-0.2, 0) is 6.54 Å². The molecule has 0 radical (unpaired) electrons. The highest BCUT2D eigenvalue weighted by molar-refractivity contribution is 7.80. The molecule has 0 spiro atoms. The number of pyridine rings is 3. The van der Waals surface area contributed by atoms with Gasteiger partial charge in [-0.1, -0.05) is 12.1 Å². The first kappa shape index (κ1) is 21.3. The van der Waals surface area contributed by atoms with Gasteiger partial charge in [-0.25, -0.2) is 4.98 Å². The van der Waals surface area contributed by atoms with Crippen LogP contribution in [0.4, 0.5) is 0 Å². The highest BCUT2D eigenvalue weighted by Crippen LogP contribution is 2.42. The monoisotopic (exact) mass is 454 g/mol. The van der Waals surface area contributed by atoms with Crippen LogP contribution in [0, 0.1) is 20.8 Å². The molecule has 7 heteroatoms. The Balaban J connectivity index is 1.63. The van der Waals surface area contributed by atoms with Gasteiger partial charge in [-0.05, 0) is 86.1 Å². The van der Waals surface area contributed by atoms with E-state index in [0.29, 0.717) is 6.54 Å². The Morgan fingerprint density at radius 1 is 0.939 bits per heavy atom. The third kappa shape index (κ3) is 3.89. The van der Waals surface area contributed by atoms with E-state index in [1.807, 2.05) is 55.1 Å². The molecule has 0 aromatic carbocycles. The van der Waals surface area contributed by atoms with Crippen molar-refractivity contribution < 1.29 is 0 Å². The van der Waals surface area contributed by atoms with Crippen molar-refractivity contribution in [1.82, 2.24) is 29.7 Å². The van der Waals surface area contributed by atoms with Gasteiger partial charge >= 0.3 is 0 Å². The molecular formula is C26H26N6S. The van der Waals surface area contributed by atoms with Crippen molar-refractivity contribution in [2.45, 2.75) is 39.4 Å². The Kier molecular flexibility index (Phi) is 5.64. The SMILES string of the molecule is Cc1cccnc1-n1c(C)cc(C2C(c3ccccn3)NC(=S)N2Cc2ccncc2)c1C. The van der Waals surface area contributed by atoms with E-state index in [1.165, 1.54) is 5.56 Å². The number of aromatic nitrogens is 4. The first-order valence-corrected chi connectivity index (χ1v) is 11.4. The maximum absolute atomic E-state index is 5.84. The van der Waals surface area contributed by atoms with E-state index >= 15 is 0 Å². The van der Waals surface area contributed by atoms with Crippen LogP contribution >= 0.6 is 12.2 Å². The minimum atomic E-state index is -0.0562. The molecule has 1 aliphatic heterocycles. The maximum Gasteiger partial charge on any atom is 0.170 e. The van der Waals surface area contributed by atoms with E-state index in [0.717, 1.165) is 39.1 Å². The molecule has 1 N–H and O–H groups in total. The second-order valence-electron chi connectivity index (χ2n) is 8.42. The molecule has 0 amide bonds. The second-order valence-corrected chi connectivity index (χ2v) is 8.80. The van der Waals surface area contributed by atoms with Crippen LogP contribution in [0.15, 0.2) is 73.3 Å². The number of thiocarbonyl (C=S) groups is 1. The quantitative estimate of drug-likeness (QED) is 0.439. The molecule has 0 aliphatic carbocycles. The summed E-state index contributed by atoms with van der Waals surface area (Å²) in [5.74, 6) is 0.961. The minimum Gasteiger partial charge on any atom is -0.352 e. The predicted molar refractivity (Wildman–Crippen MR) is 133 cm³/mol. The smallest absolute Gasteiger partial charge is 0.170 e. The van der Waals surface area contributed by atoms with E-state index in [9.17, 15) is 0 Å². The molecule has 5 heterocycles. The standard InChI is InChI=1S/C26H26N6S/c1-17-7-6-12-29-25(17)32-18(2)15-21(19(32)3)24-23(22-8-4-5-11-28-22)30-26(33)31(24)16-20-9-13-27-14-10-20/h4-15,23-24H,16H2,1-3H3,(H,30,33). The van der Waals surface area contributed by atoms with Gasteiger partial charge in [0.1, 0.15) is 5.82 Å². The topological polar surface area (TPSA) is 58.9 Å². The number of nitrogens with zero attached hydrogens (tertiary/aromatic N) is 5. The Morgan fingerprint density at radius 3 is 2.45 bits per heavy atom. The van der Waals surface area contributed by atoms with Gasteiger partial charge in [0.05, 0.1) is 17.8 Å². The zero-order valence-electron chi connectivity index (χ0n) is 18.9. The molecule has 1 saturated heterocycles. The number of nitrogens with one attached hydrogen (secondary N) is 1. The van der Waals surface area contributed by atoms with Crippen LogP contribution < -0.4 is 5.32 Å². The molecule has 5 rings (SSSR count). The van der Waals surface area contributed by atoms with Crippen LogP contribution in [0.5, 0.6) is 0 Å². The first-order valence-electron chi connectivity index (χ1n) is 11.0. The molecule has 1 aliphatic rings. The van der Waals surface area contributed by atoms with E-state index in [4.69, 9.17) is 12.2 Å². The third-order valence-electron chi connectivity index (χ3n) is 6.28. The predicted octanol–water partition coefficient (Wildman–Crippen LogP) is 4.76. The molecule has 2 atom stereocenters. The zero-order chi connectivity index (χ0) is 22.9. The summed E-state index contributed by atoms with van der Waals surface area (Å²) in [5.41, 5.74) is 6.80. The average molecular weight is 455 g/mol. The van der Waals surface area contributed by atoms with E-state index in [1.54, 1.807) is 0 Å². The molecule has 4 aromatic heterocycles. The van der Waals surface area contributed by atoms with Crippen LogP contribution in [0.2, 0.25) is 0 Å². The lowest BCUT2D eigenvalue weighted by Gasteiger charge is -2.28. The van der Waals surface area contributed by atoms with Crippen LogP contribution in [-0.4, -0.2) is 29.5 Å². The van der Waals surface area contributed by atoms with Gasteiger partial charge in [0, 0.05) is 42.7 Å². The van der Waals surface area contributed by atoms with Crippen LogP contribution in [0.25, 0.3) is 5.82 Å². The average Bonchev–Trinajstić information content (AvgIpc) is 3.30. The van der Waals surface area contributed by atoms with E-state index in [2.05, 4.69) is 68.7 Å². The lowest BCUT2D eigenvalue weighted by atomic mass is 9.96. The van der Waals surface area contributed by atoms with Crippen molar-refractivity contribution >= 4 is 17.3 Å². The molecule has 0 saturated carbocycles. The number of rotatable bonds is 5. The van der Waals surface area contributed by atoms with Gasteiger partial charge < -0.3 is 14.8 Å². The van der Waals surface area contributed by atoms with Crippen molar-refractivity contribution in [2.75, 3.05) is 0 Å². The Labute approximate surface area is 199 Å². The van der Waals surface area contributed by atoms with E-state index in [-0.39, 0.29) is 12.1 Å². The summed E-state index contributed by atoms with van der Waals surface area (Å²) in [5, 5.41) is 4.28. The summed E-state index contributed by atoms with van der Waals surface area (Å²) >= 11 is 5.84. The highest BCUT2D eigenvalue weighted by atomic mass is 32.1. The zero-order valence-corrected chi connectivity index (χ0v) is 19.8. The minimum absolute atomic E-state index is 0.00969.